The van der Waals surface area contributed by atoms with Crippen molar-refractivity contribution in [2.45, 2.75) is 50.7 Å². The molecule has 1 unspecified atom stereocenters. The molecule has 1 aliphatic heterocycles. The first-order valence-corrected chi connectivity index (χ1v) is 14.1. The Bertz CT molecular complexity index is 1230. The number of terminal acetylenes is 1. The van der Waals surface area contributed by atoms with Gasteiger partial charge in [0, 0.05) is 45.2 Å². The fraction of sp³-hybridized carbons (Fsp3) is 0.467. The number of benzene rings is 2. The van der Waals surface area contributed by atoms with E-state index in [1.54, 1.807) is 36.4 Å². The fourth-order valence-electron chi connectivity index (χ4n) is 5.39. The first kappa shape index (κ1) is 29.4. The molecule has 0 aromatic heterocycles. The van der Waals surface area contributed by atoms with E-state index in [0.29, 0.717) is 65.3 Å². The molecule has 4 rings (SSSR count). The SMILES string of the molecule is C#CC1(OCC(O)CN2CCN(c3c(Cl)ccc(NC(C)=O)c3C(=O)c3ccccc3Cl)CC2)CCCCC1. The van der Waals surface area contributed by atoms with E-state index in [-0.39, 0.29) is 18.3 Å². The van der Waals surface area contributed by atoms with Crippen molar-refractivity contribution < 1.29 is 19.4 Å². The van der Waals surface area contributed by atoms with E-state index in [1.807, 2.05) is 4.90 Å². The number of carbonyl (C=O) groups excluding carboxylic acids is 2. The Morgan fingerprint density at radius 3 is 2.41 bits per heavy atom. The molecule has 0 radical (unpaired) electrons. The molecule has 1 amide bonds. The van der Waals surface area contributed by atoms with E-state index >= 15 is 0 Å². The highest BCUT2D eigenvalue weighted by Crippen LogP contribution is 2.38. The molecule has 1 aliphatic carbocycles. The Balaban J connectivity index is 1.47. The summed E-state index contributed by atoms with van der Waals surface area (Å²) in [6.07, 6.45) is 10.1. The minimum absolute atomic E-state index is 0.200. The monoisotopic (exact) mass is 571 g/mol. The zero-order chi connectivity index (χ0) is 28.0. The van der Waals surface area contributed by atoms with Crippen LogP contribution in [-0.4, -0.2) is 72.7 Å². The quantitative estimate of drug-likeness (QED) is 0.325. The molecule has 2 fully saturated rings. The Morgan fingerprint density at radius 1 is 1.08 bits per heavy atom. The van der Waals surface area contributed by atoms with Gasteiger partial charge in [0.2, 0.25) is 5.91 Å². The molecule has 2 aromatic rings. The lowest BCUT2D eigenvalue weighted by Crippen LogP contribution is -2.50. The summed E-state index contributed by atoms with van der Waals surface area (Å²) >= 11 is 13.0. The van der Waals surface area contributed by atoms with Gasteiger partial charge in [0.25, 0.3) is 0 Å². The number of aliphatic hydroxyl groups excluding tert-OH is 1. The molecule has 9 heteroatoms. The summed E-state index contributed by atoms with van der Waals surface area (Å²) in [7, 11) is 0. The number of carbonyl (C=O) groups is 2. The lowest BCUT2D eigenvalue weighted by Gasteiger charge is -2.39. The molecular weight excluding hydrogens is 537 g/mol. The Morgan fingerprint density at radius 2 is 1.77 bits per heavy atom. The van der Waals surface area contributed by atoms with Crippen LogP contribution in [0.5, 0.6) is 0 Å². The molecule has 2 aliphatic rings. The molecule has 1 atom stereocenters. The van der Waals surface area contributed by atoms with Crippen LogP contribution in [0.25, 0.3) is 0 Å². The topological polar surface area (TPSA) is 82.1 Å². The highest BCUT2D eigenvalue weighted by molar-refractivity contribution is 6.38. The van der Waals surface area contributed by atoms with Gasteiger partial charge in [-0.1, -0.05) is 47.7 Å². The van der Waals surface area contributed by atoms with Crippen molar-refractivity contribution in [1.29, 1.82) is 0 Å². The van der Waals surface area contributed by atoms with Crippen LogP contribution in [0.2, 0.25) is 10.0 Å². The number of nitrogens with zero attached hydrogens (tertiary/aromatic N) is 2. The highest BCUT2D eigenvalue weighted by Gasteiger charge is 2.32. The average Bonchev–Trinajstić information content (AvgIpc) is 2.93. The first-order chi connectivity index (χ1) is 18.7. The maximum atomic E-state index is 13.8. The molecule has 2 aromatic carbocycles. The summed E-state index contributed by atoms with van der Waals surface area (Å²) in [6, 6.07) is 10.1. The third-order valence-corrected chi connectivity index (χ3v) is 8.05. The third-order valence-electron chi connectivity index (χ3n) is 7.42. The largest absolute Gasteiger partial charge is 0.389 e. The van der Waals surface area contributed by atoms with E-state index in [1.165, 1.54) is 13.3 Å². The lowest BCUT2D eigenvalue weighted by atomic mass is 9.85. The van der Waals surface area contributed by atoms with Gasteiger partial charge in [-0.3, -0.25) is 14.5 Å². The van der Waals surface area contributed by atoms with E-state index in [4.69, 9.17) is 34.4 Å². The minimum atomic E-state index is -0.659. The Labute approximate surface area is 240 Å². The number of β-amino-alcohol motifs (C(OH)–C–C–N with tert-alkyl or cyclic N) is 1. The van der Waals surface area contributed by atoms with E-state index in [9.17, 15) is 14.7 Å². The second kappa shape index (κ2) is 13.2. The maximum absolute atomic E-state index is 13.8. The number of hydrogen-bond acceptors (Lipinski definition) is 6. The van der Waals surface area contributed by atoms with Gasteiger partial charge in [0.1, 0.15) is 5.60 Å². The number of rotatable bonds is 9. The molecule has 2 N–H and O–H groups in total. The van der Waals surface area contributed by atoms with Crippen LogP contribution in [0.4, 0.5) is 11.4 Å². The zero-order valence-electron chi connectivity index (χ0n) is 22.2. The van der Waals surface area contributed by atoms with E-state index < -0.39 is 11.7 Å². The van der Waals surface area contributed by atoms with E-state index in [0.717, 1.165) is 25.7 Å². The molecule has 7 nitrogen and oxygen atoms in total. The van der Waals surface area contributed by atoms with Crippen LogP contribution in [0, 0.1) is 12.3 Å². The van der Waals surface area contributed by atoms with Gasteiger partial charge in [-0.2, -0.15) is 0 Å². The number of halogens is 2. The summed E-state index contributed by atoms with van der Waals surface area (Å²) in [4.78, 5) is 29.9. The molecule has 208 valence electrons. The maximum Gasteiger partial charge on any atom is 0.221 e. The number of ketones is 1. The van der Waals surface area contributed by atoms with Crippen molar-refractivity contribution >= 4 is 46.3 Å². The number of nitrogens with one attached hydrogen (secondary N) is 1. The summed E-state index contributed by atoms with van der Waals surface area (Å²) in [6.45, 7) is 4.51. The van der Waals surface area contributed by atoms with Crippen molar-refractivity contribution in [1.82, 2.24) is 4.90 Å². The van der Waals surface area contributed by atoms with Crippen molar-refractivity contribution in [3.05, 3.63) is 57.6 Å². The smallest absolute Gasteiger partial charge is 0.221 e. The predicted octanol–water partition coefficient (Wildman–Crippen LogP) is 5.02. The van der Waals surface area contributed by atoms with Crippen LogP contribution < -0.4 is 10.2 Å². The molecular formula is C30H35Cl2N3O4. The van der Waals surface area contributed by atoms with Gasteiger partial charge in [0.05, 0.1) is 39.7 Å². The standard InChI is InChI=1S/C30H35Cl2N3O4/c1-3-30(13-7-4-8-14-30)39-20-22(37)19-34-15-17-35(18-16-34)28-25(32)11-12-26(33-21(2)36)27(28)29(38)23-9-5-6-10-24(23)31/h1,5-6,9-12,22,37H,4,7-8,13-20H2,2H3,(H,33,36). The van der Waals surface area contributed by atoms with Gasteiger partial charge >= 0.3 is 0 Å². The average molecular weight is 573 g/mol. The summed E-state index contributed by atoms with van der Waals surface area (Å²) < 4.78 is 6.04. The number of ether oxygens (including phenoxy) is 1. The Hall–Kier alpha value is -2.60. The molecule has 39 heavy (non-hydrogen) atoms. The van der Waals surface area contributed by atoms with Gasteiger partial charge in [-0.25, -0.2) is 0 Å². The number of amides is 1. The molecule has 1 saturated heterocycles. The third kappa shape index (κ3) is 7.13. The van der Waals surface area contributed by atoms with Crippen LogP contribution in [0.15, 0.2) is 36.4 Å². The minimum Gasteiger partial charge on any atom is -0.389 e. The fourth-order valence-corrected chi connectivity index (χ4v) is 5.89. The van der Waals surface area contributed by atoms with Crippen molar-refractivity contribution in [2.24, 2.45) is 0 Å². The first-order valence-electron chi connectivity index (χ1n) is 13.4. The highest BCUT2D eigenvalue weighted by atomic mass is 35.5. The Kier molecular flexibility index (Phi) is 9.92. The predicted molar refractivity (Wildman–Crippen MR) is 156 cm³/mol. The second-order valence-electron chi connectivity index (χ2n) is 10.3. The van der Waals surface area contributed by atoms with Crippen molar-refractivity contribution in [2.75, 3.05) is 49.5 Å². The van der Waals surface area contributed by atoms with Crippen LogP contribution in [-0.2, 0) is 9.53 Å². The molecule has 0 bridgehead atoms. The normalized spacial score (nSPS) is 18.3. The van der Waals surface area contributed by atoms with E-state index in [2.05, 4.69) is 16.1 Å². The van der Waals surface area contributed by atoms with Crippen LogP contribution >= 0.6 is 23.2 Å². The zero-order valence-corrected chi connectivity index (χ0v) is 23.7. The van der Waals surface area contributed by atoms with Crippen LogP contribution in [0.1, 0.15) is 54.9 Å². The van der Waals surface area contributed by atoms with Gasteiger partial charge in [-0.15, -0.1) is 6.42 Å². The van der Waals surface area contributed by atoms with Crippen molar-refractivity contribution in [3.63, 3.8) is 0 Å². The molecule has 0 spiro atoms. The number of hydrogen-bond donors (Lipinski definition) is 2. The van der Waals surface area contributed by atoms with Crippen molar-refractivity contribution in [3.8, 4) is 12.3 Å². The van der Waals surface area contributed by atoms with Gasteiger partial charge in [-0.05, 0) is 49.9 Å². The van der Waals surface area contributed by atoms with Gasteiger partial charge < -0.3 is 20.1 Å². The number of aliphatic hydroxyl groups is 1. The summed E-state index contributed by atoms with van der Waals surface area (Å²) in [5, 5.41) is 14.2. The molecule has 1 saturated carbocycles. The number of piperazine rings is 1. The summed E-state index contributed by atoms with van der Waals surface area (Å²) in [5.41, 5.74) is 1.02. The second-order valence-corrected chi connectivity index (χ2v) is 11.1. The van der Waals surface area contributed by atoms with Gasteiger partial charge in [0.15, 0.2) is 5.78 Å². The van der Waals surface area contributed by atoms with Crippen LogP contribution in [0.3, 0.4) is 0 Å². The number of anilines is 2. The lowest BCUT2D eigenvalue weighted by molar-refractivity contribution is -0.114. The summed E-state index contributed by atoms with van der Waals surface area (Å²) in [5.74, 6) is 2.21. The molecule has 1 heterocycles.